The molecule has 16 heavy (non-hydrogen) atoms. The molecule has 2 rings (SSSR count). The Morgan fingerprint density at radius 2 is 2.31 bits per heavy atom. The molecule has 1 fully saturated rings. The highest BCUT2D eigenvalue weighted by molar-refractivity contribution is 5.37. The lowest BCUT2D eigenvalue weighted by Gasteiger charge is -2.32. The number of hydrogen-bond donors (Lipinski definition) is 2. The van der Waals surface area contributed by atoms with Crippen molar-refractivity contribution < 1.29 is 4.74 Å². The van der Waals surface area contributed by atoms with Crippen molar-refractivity contribution in [2.75, 3.05) is 18.5 Å². The van der Waals surface area contributed by atoms with Gasteiger partial charge >= 0.3 is 0 Å². The molecule has 1 saturated carbocycles. The smallest absolute Gasteiger partial charge is 0.215 e. The van der Waals surface area contributed by atoms with Gasteiger partial charge in [0.1, 0.15) is 5.82 Å². The average Bonchev–Trinajstić information content (AvgIpc) is 2.24. The Bertz CT molecular complexity index is 337. The van der Waals surface area contributed by atoms with Gasteiger partial charge in [-0.1, -0.05) is 6.07 Å². The Morgan fingerprint density at radius 1 is 1.50 bits per heavy atom. The minimum Gasteiger partial charge on any atom is -0.478 e. The molecule has 0 atom stereocenters. The van der Waals surface area contributed by atoms with E-state index in [9.17, 15) is 0 Å². The van der Waals surface area contributed by atoms with Gasteiger partial charge in [-0.25, -0.2) is 0 Å². The zero-order chi connectivity index (χ0) is 11.4. The predicted octanol–water partition coefficient (Wildman–Crippen LogP) is 1.63. The Hall–Kier alpha value is -1.29. The molecule has 0 spiro atoms. The quantitative estimate of drug-likeness (QED) is 0.793. The molecule has 0 aliphatic heterocycles. The first kappa shape index (κ1) is 11.2. The first-order chi connectivity index (χ1) is 7.78. The first-order valence-corrected chi connectivity index (χ1v) is 5.87. The maximum atomic E-state index is 5.74. The number of nitrogens with zero attached hydrogens (tertiary/aromatic N) is 1. The van der Waals surface area contributed by atoms with Crippen molar-refractivity contribution in [3.05, 3.63) is 18.2 Å². The minimum atomic E-state index is 0.412. The van der Waals surface area contributed by atoms with Gasteiger partial charge in [0, 0.05) is 18.7 Å². The van der Waals surface area contributed by atoms with Gasteiger partial charge in [-0.15, -0.1) is 0 Å². The van der Waals surface area contributed by atoms with Crippen LogP contribution in [0, 0.1) is 5.92 Å². The van der Waals surface area contributed by atoms with E-state index in [1.54, 1.807) is 0 Å². The Labute approximate surface area is 96.2 Å². The van der Waals surface area contributed by atoms with Crippen molar-refractivity contribution in [3.63, 3.8) is 0 Å². The van der Waals surface area contributed by atoms with Crippen molar-refractivity contribution in [1.82, 2.24) is 4.98 Å². The molecule has 4 nitrogen and oxygen atoms in total. The molecule has 0 bridgehead atoms. The van der Waals surface area contributed by atoms with Crippen LogP contribution in [0.5, 0.6) is 5.88 Å². The summed E-state index contributed by atoms with van der Waals surface area (Å²) < 4.78 is 5.34. The Morgan fingerprint density at radius 3 is 3.00 bits per heavy atom. The van der Waals surface area contributed by atoms with E-state index in [4.69, 9.17) is 10.5 Å². The third-order valence-electron chi connectivity index (χ3n) is 2.86. The van der Waals surface area contributed by atoms with Gasteiger partial charge < -0.3 is 15.8 Å². The summed E-state index contributed by atoms with van der Waals surface area (Å²) in [7, 11) is 0. The number of ether oxygens (including phenoxy) is 1. The summed E-state index contributed by atoms with van der Waals surface area (Å²) in [4.78, 5) is 4.35. The molecule has 3 N–H and O–H groups in total. The van der Waals surface area contributed by atoms with Crippen LogP contribution in [-0.4, -0.2) is 24.2 Å². The second-order valence-electron chi connectivity index (χ2n) is 4.27. The lowest BCUT2D eigenvalue weighted by molar-refractivity contribution is 0.279. The fourth-order valence-corrected chi connectivity index (χ4v) is 1.94. The van der Waals surface area contributed by atoms with Gasteiger partial charge in [-0.3, -0.25) is 0 Å². The highest BCUT2D eigenvalue weighted by Crippen LogP contribution is 2.25. The van der Waals surface area contributed by atoms with Crippen LogP contribution in [0.4, 0.5) is 5.82 Å². The van der Waals surface area contributed by atoms with Crippen molar-refractivity contribution in [3.8, 4) is 5.88 Å². The number of anilines is 1. The molecule has 0 aromatic carbocycles. The minimum absolute atomic E-state index is 0.412. The van der Waals surface area contributed by atoms with E-state index >= 15 is 0 Å². The first-order valence-electron chi connectivity index (χ1n) is 5.87. The van der Waals surface area contributed by atoms with Crippen LogP contribution in [0.15, 0.2) is 18.2 Å². The zero-order valence-corrected chi connectivity index (χ0v) is 9.65. The highest BCUT2D eigenvalue weighted by atomic mass is 16.5. The molecule has 1 aromatic heterocycles. The van der Waals surface area contributed by atoms with Crippen LogP contribution in [0.3, 0.4) is 0 Å². The second-order valence-corrected chi connectivity index (χ2v) is 4.27. The number of rotatable bonds is 5. The van der Waals surface area contributed by atoms with Crippen LogP contribution >= 0.6 is 0 Å². The van der Waals surface area contributed by atoms with Crippen LogP contribution in [0.1, 0.15) is 19.8 Å². The van der Waals surface area contributed by atoms with Gasteiger partial charge in [0.15, 0.2) is 0 Å². The SMILES string of the molecule is CCOc1cccc(NCC2CC(N)C2)n1. The number of hydrogen-bond acceptors (Lipinski definition) is 4. The van der Waals surface area contributed by atoms with Gasteiger partial charge in [0.2, 0.25) is 5.88 Å². The van der Waals surface area contributed by atoms with Crippen molar-refractivity contribution in [1.29, 1.82) is 0 Å². The fourth-order valence-electron chi connectivity index (χ4n) is 1.94. The second kappa shape index (κ2) is 5.16. The predicted molar refractivity (Wildman–Crippen MR) is 64.6 cm³/mol. The highest BCUT2D eigenvalue weighted by Gasteiger charge is 2.25. The van der Waals surface area contributed by atoms with E-state index in [2.05, 4.69) is 10.3 Å². The Kier molecular flexibility index (Phi) is 3.62. The molecule has 1 aromatic rings. The normalized spacial score (nSPS) is 23.6. The third-order valence-corrected chi connectivity index (χ3v) is 2.86. The largest absolute Gasteiger partial charge is 0.478 e. The number of pyridine rings is 1. The van der Waals surface area contributed by atoms with Crippen LogP contribution < -0.4 is 15.8 Å². The van der Waals surface area contributed by atoms with E-state index in [-0.39, 0.29) is 0 Å². The van der Waals surface area contributed by atoms with Crippen molar-refractivity contribution >= 4 is 5.82 Å². The van der Waals surface area contributed by atoms with E-state index in [0.717, 1.165) is 25.2 Å². The lowest BCUT2D eigenvalue weighted by atomic mass is 9.81. The monoisotopic (exact) mass is 221 g/mol. The van der Waals surface area contributed by atoms with E-state index in [0.29, 0.717) is 24.4 Å². The van der Waals surface area contributed by atoms with E-state index < -0.39 is 0 Å². The molecule has 0 unspecified atom stereocenters. The standard InChI is InChI=1S/C12H19N3O/c1-2-16-12-5-3-4-11(15-12)14-8-9-6-10(13)7-9/h3-5,9-10H,2,6-8,13H2,1H3,(H,14,15). The van der Waals surface area contributed by atoms with Gasteiger partial charge in [-0.2, -0.15) is 4.98 Å². The average molecular weight is 221 g/mol. The van der Waals surface area contributed by atoms with Crippen LogP contribution in [0.2, 0.25) is 0 Å². The van der Waals surface area contributed by atoms with Crippen LogP contribution in [0.25, 0.3) is 0 Å². The topological polar surface area (TPSA) is 60.2 Å². The summed E-state index contributed by atoms with van der Waals surface area (Å²) in [5, 5.41) is 3.32. The summed E-state index contributed by atoms with van der Waals surface area (Å²) in [5.41, 5.74) is 5.74. The van der Waals surface area contributed by atoms with E-state index in [1.807, 2.05) is 25.1 Å². The van der Waals surface area contributed by atoms with Crippen molar-refractivity contribution in [2.45, 2.75) is 25.8 Å². The van der Waals surface area contributed by atoms with E-state index in [1.165, 1.54) is 0 Å². The number of nitrogens with two attached hydrogens (primary N) is 1. The maximum Gasteiger partial charge on any atom is 0.215 e. The Balaban J connectivity index is 1.81. The maximum absolute atomic E-state index is 5.74. The summed E-state index contributed by atoms with van der Waals surface area (Å²) in [6, 6.07) is 6.19. The number of aromatic nitrogens is 1. The lowest BCUT2D eigenvalue weighted by Crippen LogP contribution is -2.39. The summed E-state index contributed by atoms with van der Waals surface area (Å²) in [6.07, 6.45) is 2.25. The van der Waals surface area contributed by atoms with Crippen LogP contribution in [-0.2, 0) is 0 Å². The van der Waals surface area contributed by atoms with Gasteiger partial charge in [0.05, 0.1) is 6.61 Å². The zero-order valence-electron chi connectivity index (χ0n) is 9.65. The molecule has 4 heteroatoms. The van der Waals surface area contributed by atoms with Gasteiger partial charge in [-0.05, 0) is 31.7 Å². The molecule has 0 saturated heterocycles. The summed E-state index contributed by atoms with van der Waals surface area (Å²) in [6.45, 7) is 3.56. The summed E-state index contributed by atoms with van der Waals surface area (Å²) >= 11 is 0. The van der Waals surface area contributed by atoms with Crippen molar-refractivity contribution in [2.24, 2.45) is 11.7 Å². The molecule has 0 radical (unpaired) electrons. The summed E-state index contributed by atoms with van der Waals surface area (Å²) in [5.74, 6) is 2.26. The molecule has 1 aliphatic carbocycles. The number of nitrogens with one attached hydrogen (secondary N) is 1. The molecular formula is C12H19N3O. The van der Waals surface area contributed by atoms with Gasteiger partial charge in [0.25, 0.3) is 0 Å². The molecule has 88 valence electrons. The molecule has 1 heterocycles. The fraction of sp³-hybridized carbons (Fsp3) is 0.583. The molecule has 1 aliphatic rings. The molecular weight excluding hydrogens is 202 g/mol. The third kappa shape index (κ3) is 2.85. The molecule has 0 amide bonds.